The van der Waals surface area contributed by atoms with Gasteiger partial charge in [-0.3, -0.25) is 0 Å². The largest absolute Gasteiger partial charge is 0.0843 e. The molecule has 1 unspecified atom stereocenters. The maximum absolute atomic E-state index is 5.90. The number of hydrogen-bond donors (Lipinski definition) is 0. The van der Waals surface area contributed by atoms with E-state index in [4.69, 9.17) is 11.6 Å². The van der Waals surface area contributed by atoms with Gasteiger partial charge in [-0.2, -0.15) is 0 Å². The fraction of sp³-hybridized carbons (Fsp3) is 0.200. The third kappa shape index (κ3) is 2.91. The summed E-state index contributed by atoms with van der Waals surface area (Å²) in [7, 11) is 0. The molecule has 0 heterocycles. The molecule has 0 spiro atoms. The second-order valence-electron chi connectivity index (χ2n) is 4.27. The molecule has 0 bridgehead atoms. The summed E-state index contributed by atoms with van der Waals surface area (Å²) < 4.78 is 0. The molecular formula is C15H14BrCl. The fourth-order valence-corrected chi connectivity index (χ4v) is 2.87. The van der Waals surface area contributed by atoms with Crippen LogP contribution in [-0.4, -0.2) is 0 Å². The highest BCUT2D eigenvalue weighted by atomic mass is 79.9. The summed E-state index contributed by atoms with van der Waals surface area (Å²) in [5, 5.41) is 0.772. The van der Waals surface area contributed by atoms with E-state index in [0.29, 0.717) is 0 Å². The molecular weight excluding hydrogens is 296 g/mol. The molecule has 0 aliphatic heterocycles. The predicted octanol–water partition coefficient (Wildman–Crippen LogP) is 5.44. The minimum Gasteiger partial charge on any atom is -0.0843 e. The minimum absolute atomic E-state index is 0.223. The van der Waals surface area contributed by atoms with Gasteiger partial charge in [0.05, 0.1) is 4.83 Å². The van der Waals surface area contributed by atoms with Gasteiger partial charge in [0.25, 0.3) is 0 Å². The summed E-state index contributed by atoms with van der Waals surface area (Å²) in [6.07, 6.45) is 0. The number of rotatable bonds is 2. The Morgan fingerprint density at radius 2 is 1.65 bits per heavy atom. The van der Waals surface area contributed by atoms with Crippen LogP contribution in [0.4, 0.5) is 0 Å². The van der Waals surface area contributed by atoms with E-state index >= 15 is 0 Å². The summed E-state index contributed by atoms with van der Waals surface area (Å²) in [6, 6.07) is 14.5. The SMILES string of the molecule is Cc1ccc(C(Br)c2ccc(Cl)cc2)c(C)c1. The van der Waals surface area contributed by atoms with Gasteiger partial charge in [0.15, 0.2) is 0 Å². The average Bonchev–Trinajstić information content (AvgIpc) is 2.29. The van der Waals surface area contributed by atoms with Crippen LogP contribution < -0.4 is 0 Å². The zero-order valence-corrected chi connectivity index (χ0v) is 12.2. The molecule has 0 N–H and O–H groups in total. The molecule has 0 fully saturated rings. The molecule has 0 aliphatic carbocycles. The van der Waals surface area contributed by atoms with Crippen LogP contribution in [0.25, 0.3) is 0 Å². The Kier molecular flexibility index (Phi) is 3.90. The Morgan fingerprint density at radius 1 is 1.00 bits per heavy atom. The summed E-state index contributed by atoms with van der Waals surface area (Å²) in [5.74, 6) is 0. The van der Waals surface area contributed by atoms with Gasteiger partial charge < -0.3 is 0 Å². The molecule has 88 valence electrons. The van der Waals surface area contributed by atoms with Crippen LogP contribution in [-0.2, 0) is 0 Å². The fourth-order valence-electron chi connectivity index (χ4n) is 1.92. The number of hydrogen-bond acceptors (Lipinski definition) is 0. The summed E-state index contributed by atoms with van der Waals surface area (Å²) in [4.78, 5) is 0.223. The first-order valence-electron chi connectivity index (χ1n) is 5.54. The first-order chi connectivity index (χ1) is 8.08. The third-order valence-electron chi connectivity index (χ3n) is 2.86. The van der Waals surface area contributed by atoms with E-state index in [9.17, 15) is 0 Å². The molecule has 17 heavy (non-hydrogen) atoms. The lowest BCUT2D eigenvalue weighted by atomic mass is 9.99. The Morgan fingerprint density at radius 3 is 2.24 bits per heavy atom. The van der Waals surface area contributed by atoms with Crippen LogP contribution in [0.2, 0.25) is 5.02 Å². The van der Waals surface area contributed by atoms with Gasteiger partial charge in [-0.25, -0.2) is 0 Å². The Hall–Kier alpha value is -0.790. The number of alkyl halides is 1. The van der Waals surface area contributed by atoms with Crippen molar-refractivity contribution in [2.75, 3.05) is 0 Å². The molecule has 0 saturated heterocycles. The van der Waals surface area contributed by atoms with Crippen molar-refractivity contribution in [3.63, 3.8) is 0 Å². The molecule has 1 atom stereocenters. The zero-order valence-electron chi connectivity index (χ0n) is 9.87. The van der Waals surface area contributed by atoms with Crippen LogP contribution in [0, 0.1) is 13.8 Å². The predicted molar refractivity (Wildman–Crippen MR) is 78.1 cm³/mol. The highest BCUT2D eigenvalue weighted by molar-refractivity contribution is 9.09. The van der Waals surface area contributed by atoms with Crippen molar-refractivity contribution in [2.24, 2.45) is 0 Å². The van der Waals surface area contributed by atoms with Gasteiger partial charge in [0.1, 0.15) is 0 Å². The lowest BCUT2D eigenvalue weighted by Crippen LogP contribution is -1.96. The third-order valence-corrected chi connectivity index (χ3v) is 4.13. The number of benzene rings is 2. The second-order valence-corrected chi connectivity index (χ2v) is 5.63. The van der Waals surface area contributed by atoms with Crippen molar-refractivity contribution in [1.82, 2.24) is 0 Å². The smallest absolute Gasteiger partial charge is 0.0647 e. The zero-order chi connectivity index (χ0) is 12.4. The maximum atomic E-state index is 5.90. The van der Waals surface area contributed by atoms with E-state index in [-0.39, 0.29) is 4.83 Å². The summed E-state index contributed by atoms with van der Waals surface area (Å²) in [5.41, 5.74) is 5.13. The quantitative estimate of drug-likeness (QED) is 0.648. The number of halogens is 2. The van der Waals surface area contributed by atoms with Crippen LogP contribution >= 0.6 is 27.5 Å². The van der Waals surface area contributed by atoms with Gasteiger partial charge in [-0.15, -0.1) is 0 Å². The van der Waals surface area contributed by atoms with Crippen molar-refractivity contribution >= 4 is 27.5 Å². The van der Waals surface area contributed by atoms with E-state index in [1.807, 2.05) is 12.1 Å². The Bertz CT molecular complexity index is 517. The van der Waals surface area contributed by atoms with Crippen LogP contribution in [0.15, 0.2) is 42.5 Å². The molecule has 2 rings (SSSR count). The van der Waals surface area contributed by atoms with Gasteiger partial charge >= 0.3 is 0 Å². The van der Waals surface area contributed by atoms with Gasteiger partial charge in [-0.1, -0.05) is 63.4 Å². The van der Waals surface area contributed by atoms with E-state index in [1.165, 1.54) is 22.3 Å². The first-order valence-corrected chi connectivity index (χ1v) is 6.84. The lowest BCUT2D eigenvalue weighted by molar-refractivity contribution is 1.14. The van der Waals surface area contributed by atoms with Gasteiger partial charge in [0.2, 0.25) is 0 Å². The highest BCUT2D eigenvalue weighted by Gasteiger charge is 2.12. The van der Waals surface area contributed by atoms with Crippen molar-refractivity contribution in [3.8, 4) is 0 Å². The van der Waals surface area contributed by atoms with Crippen LogP contribution in [0.1, 0.15) is 27.1 Å². The van der Waals surface area contributed by atoms with Gasteiger partial charge in [-0.05, 0) is 42.7 Å². The molecule has 2 heteroatoms. The molecule has 0 amide bonds. The van der Waals surface area contributed by atoms with Crippen molar-refractivity contribution < 1.29 is 0 Å². The molecule has 0 saturated carbocycles. The molecule has 2 aromatic rings. The monoisotopic (exact) mass is 308 g/mol. The van der Waals surface area contributed by atoms with Gasteiger partial charge in [0, 0.05) is 5.02 Å². The molecule has 0 nitrogen and oxygen atoms in total. The Balaban J connectivity index is 2.36. The van der Waals surface area contributed by atoms with E-state index in [1.54, 1.807) is 0 Å². The van der Waals surface area contributed by atoms with E-state index in [0.717, 1.165) is 5.02 Å². The van der Waals surface area contributed by atoms with Crippen molar-refractivity contribution in [1.29, 1.82) is 0 Å². The summed E-state index contributed by atoms with van der Waals surface area (Å²) >= 11 is 9.65. The average molecular weight is 310 g/mol. The standard InChI is InChI=1S/C15H14BrCl/c1-10-3-8-14(11(2)9-10)15(16)12-4-6-13(17)7-5-12/h3-9,15H,1-2H3. The summed E-state index contributed by atoms with van der Waals surface area (Å²) in [6.45, 7) is 4.26. The molecule has 0 aliphatic rings. The molecule has 2 aromatic carbocycles. The molecule has 0 aromatic heterocycles. The minimum atomic E-state index is 0.223. The first kappa shape index (κ1) is 12.7. The van der Waals surface area contributed by atoms with Crippen LogP contribution in [0.5, 0.6) is 0 Å². The maximum Gasteiger partial charge on any atom is 0.0647 e. The van der Waals surface area contributed by atoms with Crippen molar-refractivity contribution in [2.45, 2.75) is 18.7 Å². The highest BCUT2D eigenvalue weighted by Crippen LogP contribution is 2.33. The number of aryl methyl sites for hydroxylation is 2. The molecule has 0 radical (unpaired) electrons. The van der Waals surface area contributed by atoms with Crippen molar-refractivity contribution in [3.05, 3.63) is 69.7 Å². The topological polar surface area (TPSA) is 0 Å². The lowest BCUT2D eigenvalue weighted by Gasteiger charge is -2.14. The normalized spacial score (nSPS) is 12.5. The Labute approximate surface area is 116 Å². The second kappa shape index (κ2) is 5.24. The van der Waals surface area contributed by atoms with E-state index in [2.05, 4.69) is 60.1 Å². The van der Waals surface area contributed by atoms with Crippen LogP contribution in [0.3, 0.4) is 0 Å². The van der Waals surface area contributed by atoms with E-state index < -0.39 is 0 Å².